The molecule has 2 aromatic rings. The lowest BCUT2D eigenvalue weighted by atomic mass is 9.86. The summed E-state index contributed by atoms with van der Waals surface area (Å²) in [6, 6.07) is 17.9. The second-order valence-electron chi connectivity index (χ2n) is 7.21. The fourth-order valence-corrected chi connectivity index (χ4v) is 2.38. The second-order valence-corrected chi connectivity index (χ2v) is 7.21. The van der Waals surface area contributed by atoms with Gasteiger partial charge in [-0.05, 0) is 35.1 Å². The molecule has 0 saturated heterocycles. The summed E-state index contributed by atoms with van der Waals surface area (Å²) in [7, 11) is 0. The lowest BCUT2D eigenvalue weighted by Gasteiger charge is -2.18. The first-order valence-corrected chi connectivity index (χ1v) is 8.35. The van der Waals surface area contributed by atoms with Crippen molar-refractivity contribution in [1.82, 2.24) is 5.32 Å². The monoisotopic (exact) mass is 332 g/mol. The number of hydrogen-bond donors (Lipinski definition) is 1. The number of amides is 1. The first-order chi connectivity index (χ1) is 11.8. The van der Waals surface area contributed by atoms with Gasteiger partial charge in [0.05, 0.1) is 0 Å². The molecule has 0 aliphatic carbocycles. The first-order valence-electron chi connectivity index (χ1n) is 8.35. The molecule has 2 rings (SSSR count). The average Bonchev–Trinajstić information content (AvgIpc) is 2.58. The lowest BCUT2D eigenvalue weighted by molar-refractivity contribution is -0.117. The molecule has 3 nitrogen and oxygen atoms in total. The summed E-state index contributed by atoms with van der Waals surface area (Å²) < 4.78 is 0. The topological polar surface area (TPSA) is 52.9 Å². The molecule has 1 N–H and O–H groups in total. The minimum atomic E-state index is -0.358. The summed E-state index contributed by atoms with van der Waals surface area (Å²) in [6.07, 6.45) is 1.62. The highest BCUT2D eigenvalue weighted by molar-refractivity contribution is 6.01. The van der Waals surface area contributed by atoms with Crippen molar-refractivity contribution in [2.24, 2.45) is 0 Å². The van der Waals surface area contributed by atoms with Crippen LogP contribution in [0.15, 0.2) is 54.1 Å². The molecule has 25 heavy (non-hydrogen) atoms. The molecule has 0 unspecified atom stereocenters. The molecular formula is C22H24N2O. The fourth-order valence-electron chi connectivity index (χ4n) is 2.38. The van der Waals surface area contributed by atoms with E-state index >= 15 is 0 Å². The number of carbonyl (C=O) groups is 1. The number of nitrogens with one attached hydrogen (secondary N) is 1. The molecule has 2 aromatic carbocycles. The second kappa shape index (κ2) is 7.81. The van der Waals surface area contributed by atoms with Gasteiger partial charge in [-0.3, -0.25) is 4.79 Å². The number of benzene rings is 2. The number of rotatable bonds is 4. The van der Waals surface area contributed by atoms with Crippen LogP contribution in [-0.2, 0) is 16.8 Å². The number of aryl methyl sites for hydroxylation is 1. The highest BCUT2D eigenvalue weighted by atomic mass is 16.1. The zero-order valence-electron chi connectivity index (χ0n) is 15.3. The van der Waals surface area contributed by atoms with E-state index in [-0.39, 0.29) is 16.9 Å². The zero-order valence-corrected chi connectivity index (χ0v) is 15.3. The first kappa shape index (κ1) is 18.5. The van der Waals surface area contributed by atoms with Crippen molar-refractivity contribution in [3.05, 3.63) is 76.4 Å². The largest absolute Gasteiger partial charge is 0.347 e. The molecule has 0 spiro atoms. The number of hydrogen-bond acceptors (Lipinski definition) is 2. The van der Waals surface area contributed by atoms with E-state index in [9.17, 15) is 10.1 Å². The SMILES string of the molecule is Cc1ccc(CNC(=O)/C(C#N)=C/c2ccc(C(C)(C)C)cc2)cc1. The third-order valence-electron chi connectivity index (χ3n) is 4.03. The summed E-state index contributed by atoms with van der Waals surface area (Å²) in [6.45, 7) is 8.87. The van der Waals surface area contributed by atoms with Crippen molar-refractivity contribution in [1.29, 1.82) is 5.26 Å². The van der Waals surface area contributed by atoms with Gasteiger partial charge in [-0.1, -0.05) is 74.9 Å². The van der Waals surface area contributed by atoms with Gasteiger partial charge in [-0.15, -0.1) is 0 Å². The molecule has 0 aliphatic heterocycles. The van der Waals surface area contributed by atoms with Gasteiger partial charge in [0, 0.05) is 6.54 Å². The third-order valence-corrected chi connectivity index (χ3v) is 4.03. The molecule has 0 saturated carbocycles. The van der Waals surface area contributed by atoms with E-state index in [2.05, 4.69) is 26.1 Å². The Hall–Kier alpha value is -2.86. The van der Waals surface area contributed by atoms with E-state index in [4.69, 9.17) is 0 Å². The fraction of sp³-hybridized carbons (Fsp3) is 0.273. The Morgan fingerprint density at radius 3 is 2.20 bits per heavy atom. The summed E-state index contributed by atoms with van der Waals surface area (Å²) in [4.78, 5) is 12.2. The van der Waals surface area contributed by atoms with Crippen molar-refractivity contribution in [2.75, 3.05) is 0 Å². The van der Waals surface area contributed by atoms with Crippen LogP contribution in [-0.4, -0.2) is 5.91 Å². The van der Waals surface area contributed by atoms with Crippen molar-refractivity contribution < 1.29 is 4.79 Å². The molecule has 3 heteroatoms. The summed E-state index contributed by atoms with van der Waals surface area (Å²) in [5.74, 6) is -0.358. The Balaban J connectivity index is 2.07. The molecular weight excluding hydrogens is 308 g/mol. The van der Waals surface area contributed by atoms with Gasteiger partial charge in [0.25, 0.3) is 5.91 Å². The average molecular weight is 332 g/mol. The Kier molecular flexibility index (Phi) is 5.77. The minimum absolute atomic E-state index is 0.0751. The van der Waals surface area contributed by atoms with Crippen LogP contribution < -0.4 is 5.32 Å². The molecule has 1 amide bonds. The van der Waals surface area contributed by atoms with Crippen LogP contribution in [0.4, 0.5) is 0 Å². The molecule has 0 radical (unpaired) electrons. The van der Waals surface area contributed by atoms with Crippen molar-refractivity contribution >= 4 is 12.0 Å². The normalized spacial score (nSPS) is 11.7. The summed E-state index contributed by atoms with van der Waals surface area (Å²) in [5.41, 5.74) is 4.42. The van der Waals surface area contributed by atoms with Crippen molar-refractivity contribution in [3.63, 3.8) is 0 Å². The van der Waals surface area contributed by atoms with Crippen LogP contribution in [0.25, 0.3) is 6.08 Å². The predicted molar refractivity (Wildman–Crippen MR) is 102 cm³/mol. The third kappa shape index (κ3) is 5.32. The molecule has 0 fully saturated rings. The predicted octanol–water partition coefficient (Wildman–Crippen LogP) is 4.52. The molecule has 0 heterocycles. The van der Waals surface area contributed by atoms with Gasteiger partial charge < -0.3 is 5.32 Å². The molecule has 0 atom stereocenters. The van der Waals surface area contributed by atoms with Gasteiger partial charge in [-0.25, -0.2) is 0 Å². The maximum atomic E-state index is 12.2. The number of nitriles is 1. The van der Waals surface area contributed by atoms with Gasteiger partial charge >= 0.3 is 0 Å². The summed E-state index contributed by atoms with van der Waals surface area (Å²) >= 11 is 0. The quantitative estimate of drug-likeness (QED) is 0.661. The van der Waals surface area contributed by atoms with Crippen LogP contribution in [0.2, 0.25) is 0 Å². The van der Waals surface area contributed by atoms with Crippen LogP contribution >= 0.6 is 0 Å². The van der Waals surface area contributed by atoms with Crippen LogP contribution in [0.1, 0.15) is 43.0 Å². The van der Waals surface area contributed by atoms with E-state index in [1.165, 1.54) is 11.1 Å². The highest BCUT2D eigenvalue weighted by Gasteiger charge is 2.13. The maximum Gasteiger partial charge on any atom is 0.262 e. The van der Waals surface area contributed by atoms with Crippen LogP contribution in [0.3, 0.4) is 0 Å². The molecule has 0 bridgehead atoms. The lowest BCUT2D eigenvalue weighted by Crippen LogP contribution is -2.23. The number of carbonyl (C=O) groups excluding carboxylic acids is 1. The Labute approximate surface area is 150 Å². The Morgan fingerprint density at radius 2 is 1.68 bits per heavy atom. The Morgan fingerprint density at radius 1 is 1.08 bits per heavy atom. The van der Waals surface area contributed by atoms with E-state index in [0.29, 0.717) is 6.54 Å². The van der Waals surface area contributed by atoms with Crippen LogP contribution in [0, 0.1) is 18.3 Å². The van der Waals surface area contributed by atoms with Crippen molar-refractivity contribution in [3.8, 4) is 6.07 Å². The van der Waals surface area contributed by atoms with E-state index in [0.717, 1.165) is 11.1 Å². The van der Waals surface area contributed by atoms with E-state index in [1.807, 2.05) is 61.5 Å². The smallest absolute Gasteiger partial charge is 0.262 e. The standard InChI is InChI=1S/C22H24N2O/c1-16-5-7-18(8-6-16)15-24-21(25)19(14-23)13-17-9-11-20(12-10-17)22(2,3)4/h5-13H,15H2,1-4H3,(H,24,25)/b19-13+. The van der Waals surface area contributed by atoms with Gasteiger partial charge in [-0.2, -0.15) is 5.26 Å². The maximum absolute atomic E-state index is 12.2. The molecule has 0 aromatic heterocycles. The molecule has 0 aliphatic rings. The Bertz CT molecular complexity index is 801. The van der Waals surface area contributed by atoms with E-state index in [1.54, 1.807) is 6.08 Å². The summed E-state index contributed by atoms with van der Waals surface area (Å²) in [5, 5.41) is 12.1. The van der Waals surface area contributed by atoms with Gasteiger partial charge in [0.1, 0.15) is 11.6 Å². The number of nitrogens with zero attached hydrogens (tertiary/aromatic N) is 1. The highest BCUT2D eigenvalue weighted by Crippen LogP contribution is 2.22. The van der Waals surface area contributed by atoms with Crippen molar-refractivity contribution in [2.45, 2.75) is 39.7 Å². The minimum Gasteiger partial charge on any atom is -0.347 e. The van der Waals surface area contributed by atoms with Gasteiger partial charge in [0.15, 0.2) is 0 Å². The molecule has 128 valence electrons. The van der Waals surface area contributed by atoms with Crippen LogP contribution in [0.5, 0.6) is 0 Å². The zero-order chi connectivity index (χ0) is 18.4. The van der Waals surface area contributed by atoms with E-state index < -0.39 is 0 Å². The van der Waals surface area contributed by atoms with Gasteiger partial charge in [0.2, 0.25) is 0 Å².